The summed E-state index contributed by atoms with van der Waals surface area (Å²) in [5.74, 6) is 1.28. The summed E-state index contributed by atoms with van der Waals surface area (Å²) in [4.78, 5) is 12.1. The van der Waals surface area contributed by atoms with Crippen molar-refractivity contribution in [3.05, 3.63) is 59.4 Å². The molecule has 7 heteroatoms. The van der Waals surface area contributed by atoms with Crippen LogP contribution in [0.3, 0.4) is 0 Å². The molecule has 0 aromatic heterocycles. The summed E-state index contributed by atoms with van der Waals surface area (Å²) in [5.41, 5.74) is 1.03. The fraction of sp³-hybridized carbons (Fsp3) is 0.118. The van der Waals surface area contributed by atoms with Gasteiger partial charge in [0.25, 0.3) is 5.91 Å². The number of sulfonamides is 1. The first kappa shape index (κ1) is 17.7. The summed E-state index contributed by atoms with van der Waals surface area (Å²) < 4.78 is 39.5. The lowest BCUT2D eigenvalue weighted by Crippen LogP contribution is -2.24. The van der Waals surface area contributed by atoms with Crippen molar-refractivity contribution in [1.29, 1.82) is 0 Å². The van der Waals surface area contributed by atoms with Crippen LogP contribution in [0.5, 0.6) is 0 Å². The van der Waals surface area contributed by atoms with E-state index in [0.717, 1.165) is 0 Å². The molecule has 24 heavy (non-hydrogen) atoms. The van der Waals surface area contributed by atoms with Crippen LogP contribution in [0.2, 0.25) is 0 Å². The number of hydrogen-bond acceptors (Lipinski definition) is 3. The number of nitrogens with one attached hydrogen (secondary N) is 2. The molecule has 0 bridgehead atoms. The molecular weight excluding hydrogens is 331 g/mol. The predicted molar refractivity (Wildman–Crippen MR) is 89.6 cm³/mol. The van der Waals surface area contributed by atoms with E-state index in [1.807, 2.05) is 0 Å². The molecule has 0 aliphatic rings. The van der Waals surface area contributed by atoms with Gasteiger partial charge in [0, 0.05) is 11.3 Å². The molecule has 2 aromatic carbocycles. The van der Waals surface area contributed by atoms with Gasteiger partial charge in [-0.15, -0.1) is 6.42 Å². The predicted octanol–water partition coefficient (Wildman–Crippen LogP) is 2.30. The van der Waals surface area contributed by atoms with Gasteiger partial charge in [-0.1, -0.05) is 12.0 Å². The topological polar surface area (TPSA) is 75.3 Å². The van der Waals surface area contributed by atoms with E-state index in [0.29, 0.717) is 11.3 Å². The molecule has 0 atom stereocenters. The van der Waals surface area contributed by atoms with Gasteiger partial charge in [-0.3, -0.25) is 4.79 Å². The Hall–Kier alpha value is -2.69. The van der Waals surface area contributed by atoms with Gasteiger partial charge in [-0.2, -0.15) is 4.72 Å². The average Bonchev–Trinajstić information content (AvgIpc) is 2.56. The van der Waals surface area contributed by atoms with E-state index in [1.165, 1.54) is 30.3 Å². The molecule has 0 spiro atoms. The second-order valence-corrected chi connectivity index (χ2v) is 6.74. The highest BCUT2D eigenvalue weighted by molar-refractivity contribution is 7.89. The number of hydrogen-bond donors (Lipinski definition) is 2. The van der Waals surface area contributed by atoms with Crippen molar-refractivity contribution in [2.75, 3.05) is 11.9 Å². The van der Waals surface area contributed by atoms with E-state index in [1.54, 1.807) is 19.1 Å². The smallest absolute Gasteiger partial charge is 0.255 e. The van der Waals surface area contributed by atoms with Crippen LogP contribution in [0.25, 0.3) is 0 Å². The van der Waals surface area contributed by atoms with Crippen LogP contribution in [-0.2, 0) is 10.0 Å². The van der Waals surface area contributed by atoms with Gasteiger partial charge in [0.15, 0.2) is 0 Å². The number of aryl methyl sites for hydroxylation is 1. The van der Waals surface area contributed by atoms with Gasteiger partial charge in [0.2, 0.25) is 10.0 Å². The lowest BCUT2D eigenvalue weighted by Gasteiger charge is -2.08. The van der Waals surface area contributed by atoms with Crippen molar-refractivity contribution in [2.24, 2.45) is 0 Å². The molecule has 5 nitrogen and oxygen atoms in total. The largest absolute Gasteiger partial charge is 0.322 e. The fourth-order valence-electron chi connectivity index (χ4n) is 1.88. The van der Waals surface area contributed by atoms with Crippen molar-refractivity contribution < 1.29 is 17.6 Å². The van der Waals surface area contributed by atoms with Crippen molar-refractivity contribution in [1.82, 2.24) is 4.72 Å². The minimum absolute atomic E-state index is 0.00400. The number of anilines is 1. The normalized spacial score (nSPS) is 10.9. The Bertz CT molecular complexity index is 900. The van der Waals surface area contributed by atoms with Gasteiger partial charge >= 0.3 is 0 Å². The van der Waals surface area contributed by atoms with Crippen molar-refractivity contribution in [3.8, 4) is 12.3 Å². The lowest BCUT2D eigenvalue weighted by molar-refractivity contribution is 0.102. The molecule has 0 heterocycles. The quantitative estimate of drug-likeness (QED) is 0.816. The first-order chi connectivity index (χ1) is 11.3. The summed E-state index contributed by atoms with van der Waals surface area (Å²) in [6.45, 7) is 1.50. The molecule has 0 radical (unpaired) electrons. The maximum Gasteiger partial charge on any atom is 0.255 e. The third kappa shape index (κ3) is 4.19. The number of carbonyl (C=O) groups is 1. The zero-order valence-electron chi connectivity index (χ0n) is 12.8. The van der Waals surface area contributed by atoms with Crippen LogP contribution in [0, 0.1) is 25.1 Å². The average molecular weight is 346 g/mol. The highest BCUT2D eigenvalue weighted by atomic mass is 32.2. The summed E-state index contributed by atoms with van der Waals surface area (Å²) in [7, 11) is -3.71. The van der Waals surface area contributed by atoms with Gasteiger partial charge in [0.1, 0.15) is 5.82 Å². The minimum atomic E-state index is -3.71. The molecule has 2 rings (SSSR count). The maximum atomic E-state index is 13.5. The van der Waals surface area contributed by atoms with E-state index in [2.05, 4.69) is 16.0 Å². The maximum absolute atomic E-state index is 13.5. The molecule has 2 aromatic rings. The molecule has 1 amide bonds. The van der Waals surface area contributed by atoms with Gasteiger partial charge in [-0.05, 0) is 48.9 Å². The number of carbonyl (C=O) groups excluding carboxylic acids is 1. The van der Waals surface area contributed by atoms with Crippen molar-refractivity contribution in [3.63, 3.8) is 0 Å². The Labute approximate surface area is 139 Å². The first-order valence-electron chi connectivity index (χ1n) is 6.94. The third-order valence-corrected chi connectivity index (χ3v) is 4.64. The van der Waals surface area contributed by atoms with Crippen LogP contribution in [0.15, 0.2) is 47.4 Å². The molecule has 0 aliphatic heterocycles. The SMILES string of the molecule is C#CCNS(=O)(=O)c1ccc(C(=O)Nc2ccc(C)c(F)c2)cc1. The second-order valence-electron chi connectivity index (χ2n) is 4.97. The summed E-state index contributed by atoms with van der Waals surface area (Å²) >= 11 is 0. The summed E-state index contributed by atoms with van der Waals surface area (Å²) in [6, 6.07) is 9.67. The molecule has 0 fully saturated rings. The molecule has 124 valence electrons. The van der Waals surface area contributed by atoms with E-state index in [-0.39, 0.29) is 17.0 Å². The van der Waals surface area contributed by atoms with E-state index in [4.69, 9.17) is 6.42 Å². The van der Waals surface area contributed by atoms with Crippen LogP contribution in [0.4, 0.5) is 10.1 Å². The van der Waals surface area contributed by atoms with Crippen LogP contribution in [-0.4, -0.2) is 20.9 Å². The van der Waals surface area contributed by atoms with Crippen molar-refractivity contribution in [2.45, 2.75) is 11.8 Å². The van der Waals surface area contributed by atoms with Gasteiger partial charge in [-0.25, -0.2) is 12.8 Å². The third-order valence-electron chi connectivity index (χ3n) is 3.22. The number of rotatable bonds is 5. The zero-order valence-corrected chi connectivity index (χ0v) is 13.7. The highest BCUT2D eigenvalue weighted by Crippen LogP contribution is 2.16. The molecule has 0 aliphatic carbocycles. The second kappa shape index (κ2) is 7.25. The summed E-state index contributed by atoms with van der Waals surface area (Å²) in [6.07, 6.45) is 5.01. The Balaban J connectivity index is 2.14. The van der Waals surface area contributed by atoms with E-state index in [9.17, 15) is 17.6 Å². The number of amides is 1. The molecule has 2 N–H and O–H groups in total. The number of benzene rings is 2. The first-order valence-corrected chi connectivity index (χ1v) is 8.42. The molecular formula is C17H15FN2O3S. The van der Waals surface area contributed by atoms with Crippen LogP contribution < -0.4 is 10.0 Å². The summed E-state index contributed by atoms with van der Waals surface area (Å²) in [5, 5.41) is 2.55. The molecule has 0 saturated heterocycles. The zero-order chi connectivity index (χ0) is 17.7. The van der Waals surface area contributed by atoms with Gasteiger partial charge < -0.3 is 5.32 Å². The Morgan fingerprint density at radius 2 is 1.88 bits per heavy atom. The van der Waals surface area contributed by atoms with Gasteiger partial charge in [0.05, 0.1) is 11.4 Å². The number of halogens is 1. The van der Waals surface area contributed by atoms with E-state index >= 15 is 0 Å². The van der Waals surface area contributed by atoms with Crippen LogP contribution in [0.1, 0.15) is 15.9 Å². The van der Waals surface area contributed by atoms with Crippen molar-refractivity contribution >= 4 is 21.6 Å². The minimum Gasteiger partial charge on any atom is -0.322 e. The van der Waals surface area contributed by atoms with E-state index < -0.39 is 21.7 Å². The van der Waals surface area contributed by atoms with Crippen LogP contribution >= 0.6 is 0 Å². The monoisotopic (exact) mass is 346 g/mol. The lowest BCUT2D eigenvalue weighted by atomic mass is 10.2. The standard InChI is InChI=1S/C17H15FN2O3S/c1-3-10-19-24(22,23)15-8-5-13(6-9-15)17(21)20-14-7-4-12(2)16(18)11-14/h1,4-9,11,19H,10H2,2H3,(H,20,21). The highest BCUT2D eigenvalue weighted by Gasteiger charge is 2.14. The fourth-order valence-corrected chi connectivity index (χ4v) is 2.81. The molecule has 0 unspecified atom stereocenters. The number of terminal acetylenes is 1. The Morgan fingerprint density at radius 1 is 1.21 bits per heavy atom. The Kier molecular flexibility index (Phi) is 5.34. The molecule has 0 saturated carbocycles. The Morgan fingerprint density at radius 3 is 2.46 bits per heavy atom.